The number of rotatable bonds is 7. The molecule has 160 valence electrons. The van der Waals surface area contributed by atoms with Crippen molar-refractivity contribution in [2.45, 2.75) is 13.5 Å². The van der Waals surface area contributed by atoms with Crippen LogP contribution in [0.15, 0.2) is 18.2 Å². The third-order valence-corrected chi connectivity index (χ3v) is 5.65. The van der Waals surface area contributed by atoms with Gasteiger partial charge in [-0.25, -0.2) is 9.59 Å². The summed E-state index contributed by atoms with van der Waals surface area (Å²) in [7, 11) is 4.29. The Balaban J connectivity index is 1.69. The first-order chi connectivity index (χ1) is 14.3. The number of nitrogens with one attached hydrogen (secondary N) is 1. The molecule has 1 aliphatic heterocycles. The van der Waals surface area contributed by atoms with Crippen LogP contribution < -0.4 is 14.8 Å². The highest BCUT2D eigenvalue weighted by molar-refractivity contribution is 7.18. The van der Waals surface area contributed by atoms with Crippen LogP contribution in [0.2, 0.25) is 0 Å². The number of methoxy groups -OCH3 is 2. The highest BCUT2D eigenvalue weighted by atomic mass is 32.1. The molecular weight excluding hydrogens is 412 g/mol. The second-order valence-electron chi connectivity index (χ2n) is 6.65. The standard InChI is InChI=1S/C20H22N2O7S/c1-11-16(19(24)26-3)18(30-17(11)20(25)27-4)21-15(23)9-22(2)8-12-5-6-13-14(7-12)29-10-28-13/h5-7H,8-10H2,1-4H3,(H,21,23). The summed E-state index contributed by atoms with van der Waals surface area (Å²) >= 11 is 0.979. The number of likely N-dealkylation sites (N-methyl/N-ethyl adjacent to an activating group) is 1. The van der Waals surface area contributed by atoms with Gasteiger partial charge in [0.2, 0.25) is 12.7 Å². The van der Waals surface area contributed by atoms with Crippen molar-refractivity contribution >= 4 is 34.2 Å². The van der Waals surface area contributed by atoms with Crippen LogP contribution in [0.5, 0.6) is 11.5 Å². The number of hydrogen-bond donors (Lipinski definition) is 1. The lowest BCUT2D eigenvalue weighted by Crippen LogP contribution is -2.30. The van der Waals surface area contributed by atoms with Crippen molar-refractivity contribution in [1.29, 1.82) is 0 Å². The van der Waals surface area contributed by atoms with Crippen LogP contribution >= 0.6 is 11.3 Å². The van der Waals surface area contributed by atoms with Crippen molar-refractivity contribution in [1.82, 2.24) is 4.90 Å². The minimum absolute atomic E-state index is 0.0690. The lowest BCUT2D eigenvalue weighted by atomic mass is 10.1. The van der Waals surface area contributed by atoms with Crippen molar-refractivity contribution in [3.05, 3.63) is 39.8 Å². The molecule has 0 saturated carbocycles. The van der Waals surface area contributed by atoms with Crippen molar-refractivity contribution in [2.75, 3.05) is 39.9 Å². The number of hydrogen-bond acceptors (Lipinski definition) is 9. The SMILES string of the molecule is COC(=O)c1sc(NC(=O)CN(C)Cc2ccc3c(c2)OCO3)c(C(=O)OC)c1C. The molecule has 2 aromatic rings. The Morgan fingerprint density at radius 2 is 1.83 bits per heavy atom. The Kier molecular flexibility index (Phi) is 6.58. The van der Waals surface area contributed by atoms with E-state index in [1.54, 1.807) is 14.0 Å². The molecule has 0 spiro atoms. The quantitative estimate of drug-likeness (QED) is 0.663. The second kappa shape index (κ2) is 9.14. The maximum absolute atomic E-state index is 12.6. The third kappa shape index (κ3) is 4.55. The van der Waals surface area contributed by atoms with E-state index < -0.39 is 11.9 Å². The van der Waals surface area contributed by atoms with E-state index in [4.69, 9.17) is 18.9 Å². The highest BCUT2D eigenvalue weighted by Gasteiger charge is 2.27. The van der Waals surface area contributed by atoms with Gasteiger partial charge >= 0.3 is 11.9 Å². The Morgan fingerprint density at radius 1 is 1.13 bits per heavy atom. The molecule has 0 radical (unpaired) electrons. The van der Waals surface area contributed by atoms with E-state index >= 15 is 0 Å². The van der Waals surface area contributed by atoms with Gasteiger partial charge in [-0.1, -0.05) is 6.07 Å². The van der Waals surface area contributed by atoms with Gasteiger partial charge in [-0.2, -0.15) is 0 Å². The molecule has 1 amide bonds. The minimum Gasteiger partial charge on any atom is -0.465 e. The van der Waals surface area contributed by atoms with E-state index in [2.05, 4.69) is 5.32 Å². The summed E-state index contributed by atoms with van der Waals surface area (Å²) in [5, 5.41) is 2.96. The molecule has 9 nitrogen and oxygen atoms in total. The molecule has 0 bridgehead atoms. The summed E-state index contributed by atoms with van der Waals surface area (Å²) in [5.74, 6) is -0.173. The molecule has 2 heterocycles. The number of benzene rings is 1. The van der Waals surface area contributed by atoms with Crippen LogP contribution in [0, 0.1) is 6.92 Å². The molecule has 10 heteroatoms. The number of carbonyl (C=O) groups excluding carboxylic acids is 3. The molecule has 1 aliphatic rings. The summed E-state index contributed by atoms with van der Waals surface area (Å²) in [5.41, 5.74) is 1.52. The molecule has 0 atom stereocenters. The van der Waals surface area contributed by atoms with Gasteiger partial charge in [0, 0.05) is 6.54 Å². The predicted molar refractivity (Wildman–Crippen MR) is 109 cm³/mol. The fraction of sp³-hybridized carbons (Fsp3) is 0.350. The minimum atomic E-state index is -0.636. The van der Waals surface area contributed by atoms with Gasteiger partial charge in [0.05, 0.1) is 26.3 Å². The first-order valence-electron chi connectivity index (χ1n) is 9.01. The van der Waals surface area contributed by atoms with E-state index in [0.717, 1.165) is 16.9 Å². The largest absolute Gasteiger partial charge is 0.465 e. The zero-order chi connectivity index (χ0) is 21.8. The fourth-order valence-corrected chi connectivity index (χ4v) is 4.18. The fourth-order valence-electron chi connectivity index (χ4n) is 3.05. The Hall–Kier alpha value is -3.11. The van der Waals surface area contributed by atoms with Gasteiger partial charge in [0.25, 0.3) is 0 Å². The van der Waals surface area contributed by atoms with Crippen molar-refractivity contribution < 1.29 is 33.3 Å². The van der Waals surface area contributed by atoms with Crippen LogP contribution in [-0.2, 0) is 20.8 Å². The number of anilines is 1. The van der Waals surface area contributed by atoms with E-state index in [1.807, 2.05) is 23.1 Å². The predicted octanol–water partition coefficient (Wildman–Crippen LogP) is 2.43. The van der Waals surface area contributed by atoms with E-state index in [-0.39, 0.29) is 34.7 Å². The van der Waals surface area contributed by atoms with Crippen LogP contribution in [0.25, 0.3) is 0 Å². The zero-order valence-electron chi connectivity index (χ0n) is 17.1. The van der Waals surface area contributed by atoms with Crippen molar-refractivity contribution in [3.63, 3.8) is 0 Å². The third-order valence-electron chi connectivity index (χ3n) is 4.46. The van der Waals surface area contributed by atoms with Crippen molar-refractivity contribution in [3.8, 4) is 11.5 Å². The first kappa shape index (κ1) is 21.6. The average molecular weight is 434 g/mol. The van der Waals surface area contributed by atoms with Crippen LogP contribution in [0.3, 0.4) is 0 Å². The molecule has 0 unspecified atom stereocenters. The molecule has 0 aliphatic carbocycles. The molecular formula is C20H22N2O7S. The van der Waals surface area contributed by atoms with Crippen molar-refractivity contribution in [2.24, 2.45) is 0 Å². The number of ether oxygens (including phenoxy) is 4. The van der Waals surface area contributed by atoms with Gasteiger partial charge in [0.15, 0.2) is 11.5 Å². The van der Waals surface area contributed by atoms with Crippen LogP contribution in [0.1, 0.15) is 31.2 Å². The molecule has 0 saturated heterocycles. The Bertz CT molecular complexity index is 986. The summed E-state index contributed by atoms with van der Waals surface area (Å²) in [4.78, 5) is 38.7. The maximum atomic E-state index is 12.6. The lowest BCUT2D eigenvalue weighted by molar-refractivity contribution is -0.117. The topological polar surface area (TPSA) is 103 Å². The molecule has 30 heavy (non-hydrogen) atoms. The smallest absolute Gasteiger partial charge is 0.348 e. The number of fused-ring (bicyclic) bond motifs is 1. The van der Waals surface area contributed by atoms with Gasteiger partial charge in [-0.3, -0.25) is 9.69 Å². The summed E-state index contributed by atoms with van der Waals surface area (Å²) < 4.78 is 20.2. The van der Waals surface area contributed by atoms with Gasteiger partial charge in [-0.05, 0) is 37.2 Å². The first-order valence-corrected chi connectivity index (χ1v) is 9.82. The number of esters is 2. The molecule has 3 rings (SSSR count). The second-order valence-corrected chi connectivity index (χ2v) is 7.67. The molecule has 1 aromatic heterocycles. The van der Waals surface area contributed by atoms with Gasteiger partial charge in [0.1, 0.15) is 9.88 Å². The van der Waals surface area contributed by atoms with Gasteiger partial charge < -0.3 is 24.3 Å². The Morgan fingerprint density at radius 3 is 2.53 bits per heavy atom. The Labute approximate surface area is 177 Å². The highest BCUT2D eigenvalue weighted by Crippen LogP contribution is 2.34. The normalized spacial score (nSPS) is 12.0. The van der Waals surface area contributed by atoms with E-state index in [0.29, 0.717) is 23.6 Å². The average Bonchev–Trinajstić information content (AvgIpc) is 3.30. The molecule has 1 N–H and O–H groups in total. The van der Waals surface area contributed by atoms with E-state index in [9.17, 15) is 14.4 Å². The summed E-state index contributed by atoms with van der Waals surface area (Å²) in [6.07, 6.45) is 0. The van der Waals surface area contributed by atoms with Gasteiger partial charge in [-0.15, -0.1) is 11.3 Å². The number of amides is 1. The number of carbonyl (C=O) groups is 3. The summed E-state index contributed by atoms with van der Waals surface area (Å²) in [6.45, 7) is 2.38. The zero-order valence-corrected chi connectivity index (χ0v) is 17.9. The summed E-state index contributed by atoms with van der Waals surface area (Å²) in [6, 6.07) is 5.61. The molecule has 0 fully saturated rings. The molecule has 1 aromatic carbocycles. The lowest BCUT2D eigenvalue weighted by Gasteiger charge is -2.16. The number of thiophene rings is 1. The monoisotopic (exact) mass is 434 g/mol. The van der Waals surface area contributed by atoms with E-state index in [1.165, 1.54) is 14.2 Å². The maximum Gasteiger partial charge on any atom is 0.348 e. The van der Waals surface area contributed by atoms with Crippen LogP contribution in [0.4, 0.5) is 5.00 Å². The number of nitrogens with zero attached hydrogens (tertiary/aromatic N) is 1. The van der Waals surface area contributed by atoms with Crippen LogP contribution in [-0.4, -0.2) is 57.4 Å².